The smallest absolute Gasteiger partial charge is 0.307 e. The van der Waals surface area contributed by atoms with Crippen molar-refractivity contribution in [3.8, 4) is 0 Å². The van der Waals surface area contributed by atoms with Crippen LogP contribution >= 0.6 is 0 Å². The number of hydrogen-bond donors (Lipinski definition) is 0. The van der Waals surface area contributed by atoms with Gasteiger partial charge in [0.25, 0.3) is 0 Å². The first-order chi connectivity index (χ1) is 9.45. The molecule has 0 spiro atoms. The van der Waals surface area contributed by atoms with Crippen molar-refractivity contribution in [1.82, 2.24) is 24.5 Å². The van der Waals surface area contributed by atoms with Gasteiger partial charge in [0.1, 0.15) is 18.9 Å². The second-order valence-corrected chi connectivity index (χ2v) is 4.43. The largest absolute Gasteiger partial charge is 0.340 e. The SMILES string of the molecule is CN(Cc1cnn(C)c1)C(=O)Cn1cc([N+](=O)[O-])cn1. The summed E-state index contributed by atoms with van der Waals surface area (Å²) in [5.41, 5.74) is 0.780. The van der Waals surface area contributed by atoms with Crippen molar-refractivity contribution in [2.45, 2.75) is 13.1 Å². The van der Waals surface area contributed by atoms with E-state index in [0.717, 1.165) is 11.8 Å². The van der Waals surface area contributed by atoms with Gasteiger partial charge in [0.15, 0.2) is 0 Å². The molecule has 9 nitrogen and oxygen atoms in total. The molecule has 0 N–H and O–H groups in total. The molecule has 2 rings (SSSR count). The zero-order valence-electron chi connectivity index (χ0n) is 11.1. The number of rotatable bonds is 5. The Hall–Kier alpha value is -2.71. The summed E-state index contributed by atoms with van der Waals surface area (Å²) in [5.74, 6) is -0.188. The van der Waals surface area contributed by atoms with Crippen molar-refractivity contribution in [2.24, 2.45) is 7.05 Å². The van der Waals surface area contributed by atoms with E-state index in [1.54, 1.807) is 25.0 Å². The third kappa shape index (κ3) is 3.19. The van der Waals surface area contributed by atoms with Crippen LogP contribution in [0.3, 0.4) is 0 Å². The second kappa shape index (κ2) is 5.51. The van der Waals surface area contributed by atoms with E-state index >= 15 is 0 Å². The summed E-state index contributed by atoms with van der Waals surface area (Å²) in [6.45, 7) is 0.390. The Labute approximate surface area is 114 Å². The van der Waals surface area contributed by atoms with Crippen LogP contribution in [0.2, 0.25) is 0 Å². The van der Waals surface area contributed by atoms with Crippen LogP contribution in [0.5, 0.6) is 0 Å². The van der Waals surface area contributed by atoms with E-state index in [0.29, 0.717) is 6.54 Å². The number of likely N-dealkylation sites (N-methyl/N-ethyl adjacent to an activating group) is 1. The van der Waals surface area contributed by atoms with Gasteiger partial charge in [-0.2, -0.15) is 10.2 Å². The molecule has 0 saturated heterocycles. The maximum Gasteiger partial charge on any atom is 0.307 e. The Morgan fingerprint density at radius 2 is 2.15 bits per heavy atom. The van der Waals surface area contributed by atoms with E-state index in [-0.39, 0.29) is 18.1 Å². The third-order valence-electron chi connectivity index (χ3n) is 2.73. The lowest BCUT2D eigenvalue weighted by molar-refractivity contribution is -0.385. The maximum atomic E-state index is 12.0. The highest BCUT2D eigenvalue weighted by molar-refractivity contribution is 5.75. The summed E-state index contributed by atoms with van der Waals surface area (Å²) >= 11 is 0. The molecule has 0 aliphatic carbocycles. The molecule has 0 unspecified atom stereocenters. The molecule has 0 aromatic carbocycles. The van der Waals surface area contributed by atoms with Crippen LogP contribution in [0.15, 0.2) is 24.8 Å². The molecule has 0 bridgehead atoms. The van der Waals surface area contributed by atoms with Gasteiger partial charge in [-0.1, -0.05) is 0 Å². The highest BCUT2D eigenvalue weighted by Crippen LogP contribution is 2.08. The molecule has 9 heteroatoms. The third-order valence-corrected chi connectivity index (χ3v) is 2.73. The van der Waals surface area contributed by atoms with Crippen molar-refractivity contribution in [1.29, 1.82) is 0 Å². The monoisotopic (exact) mass is 278 g/mol. The van der Waals surface area contributed by atoms with Crippen molar-refractivity contribution < 1.29 is 9.72 Å². The van der Waals surface area contributed by atoms with E-state index in [1.807, 2.05) is 6.20 Å². The average Bonchev–Trinajstić information content (AvgIpc) is 2.98. The lowest BCUT2D eigenvalue weighted by atomic mass is 10.3. The van der Waals surface area contributed by atoms with Gasteiger partial charge in [-0.05, 0) is 0 Å². The van der Waals surface area contributed by atoms with Gasteiger partial charge in [0.05, 0.1) is 11.1 Å². The van der Waals surface area contributed by atoms with Crippen LogP contribution in [0.4, 0.5) is 5.69 Å². The summed E-state index contributed by atoms with van der Waals surface area (Å²) < 4.78 is 2.91. The van der Waals surface area contributed by atoms with E-state index in [4.69, 9.17) is 0 Å². The topological polar surface area (TPSA) is 99.1 Å². The Balaban J connectivity index is 1.94. The molecule has 20 heavy (non-hydrogen) atoms. The number of carbonyl (C=O) groups excluding carboxylic acids is 1. The predicted octanol–water partition coefficient (Wildman–Crippen LogP) is 0.183. The lowest BCUT2D eigenvalue weighted by Gasteiger charge is -2.15. The number of nitrogens with zero attached hydrogens (tertiary/aromatic N) is 6. The summed E-state index contributed by atoms with van der Waals surface area (Å²) in [6.07, 6.45) is 5.86. The fraction of sp³-hybridized carbons (Fsp3) is 0.364. The first kappa shape index (κ1) is 13.7. The summed E-state index contributed by atoms with van der Waals surface area (Å²) in [7, 11) is 3.46. The number of aromatic nitrogens is 4. The Kier molecular flexibility index (Phi) is 3.78. The van der Waals surface area contributed by atoms with Crippen LogP contribution in [0.1, 0.15) is 5.56 Å². The van der Waals surface area contributed by atoms with Gasteiger partial charge >= 0.3 is 5.69 Å². The molecule has 0 aliphatic rings. The molecule has 0 atom stereocenters. The van der Waals surface area contributed by atoms with Crippen LogP contribution in [-0.4, -0.2) is 42.3 Å². The van der Waals surface area contributed by atoms with Gasteiger partial charge in [-0.3, -0.25) is 24.3 Å². The minimum absolute atomic E-state index is 0.0371. The fourth-order valence-corrected chi connectivity index (χ4v) is 1.71. The molecule has 0 saturated carbocycles. The van der Waals surface area contributed by atoms with Gasteiger partial charge in [-0.15, -0.1) is 0 Å². The Morgan fingerprint density at radius 1 is 1.40 bits per heavy atom. The van der Waals surface area contributed by atoms with E-state index < -0.39 is 4.92 Å². The van der Waals surface area contributed by atoms with Crippen LogP contribution in [-0.2, 0) is 24.9 Å². The van der Waals surface area contributed by atoms with E-state index in [1.165, 1.54) is 15.8 Å². The summed E-state index contributed by atoms with van der Waals surface area (Å²) in [4.78, 5) is 23.5. The zero-order valence-corrected chi connectivity index (χ0v) is 11.1. The van der Waals surface area contributed by atoms with Crippen LogP contribution in [0.25, 0.3) is 0 Å². The van der Waals surface area contributed by atoms with E-state index in [2.05, 4.69) is 10.2 Å². The van der Waals surface area contributed by atoms with Crippen LogP contribution < -0.4 is 0 Å². The molecule has 0 radical (unpaired) electrons. The molecular formula is C11H14N6O3. The van der Waals surface area contributed by atoms with Gasteiger partial charge < -0.3 is 4.90 Å². The highest BCUT2D eigenvalue weighted by atomic mass is 16.6. The van der Waals surface area contributed by atoms with Gasteiger partial charge in [-0.25, -0.2) is 0 Å². The molecule has 0 fully saturated rings. The quantitative estimate of drug-likeness (QED) is 0.574. The van der Waals surface area contributed by atoms with Crippen LogP contribution in [0, 0.1) is 10.1 Å². The molecule has 2 heterocycles. The fourth-order valence-electron chi connectivity index (χ4n) is 1.71. The molecule has 1 amide bonds. The Bertz CT molecular complexity index is 632. The second-order valence-electron chi connectivity index (χ2n) is 4.43. The molecule has 2 aromatic rings. The normalized spacial score (nSPS) is 10.5. The first-order valence-electron chi connectivity index (χ1n) is 5.84. The van der Waals surface area contributed by atoms with E-state index in [9.17, 15) is 14.9 Å². The van der Waals surface area contributed by atoms with Gasteiger partial charge in [0, 0.05) is 32.4 Å². The van der Waals surface area contributed by atoms with Crippen molar-refractivity contribution >= 4 is 11.6 Å². The molecule has 0 aliphatic heterocycles. The molecular weight excluding hydrogens is 264 g/mol. The van der Waals surface area contributed by atoms with Crippen molar-refractivity contribution in [3.63, 3.8) is 0 Å². The predicted molar refractivity (Wildman–Crippen MR) is 68.6 cm³/mol. The number of carbonyl (C=O) groups is 1. The zero-order chi connectivity index (χ0) is 14.7. The number of aryl methyl sites for hydroxylation is 1. The first-order valence-corrected chi connectivity index (χ1v) is 5.84. The van der Waals surface area contributed by atoms with Crippen molar-refractivity contribution in [3.05, 3.63) is 40.5 Å². The van der Waals surface area contributed by atoms with Gasteiger partial charge in [0.2, 0.25) is 5.91 Å². The average molecular weight is 278 g/mol. The minimum Gasteiger partial charge on any atom is -0.340 e. The molecule has 106 valence electrons. The minimum atomic E-state index is -0.548. The highest BCUT2D eigenvalue weighted by Gasteiger charge is 2.14. The molecule has 2 aromatic heterocycles. The summed E-state index contributed by atoms with van der Waals surface area (Å²) in [5, 5.41) is 18.3. The standard InChI is InChI=1S/C11H14N6O3/c1-14(5-9-3-12-15(2)6-9)11(18)8-16-7-10(4-13-16)17(19)20/h3-4,6-7H,5,8H2,1-2H3. The number of nitro groups is 1. The maximum absolute atomic E-state index is 12.0. The van der Waals surface area contributed by atoms with Crippen molar-refractivity contribution in [2.75, 3.05) is 7.05 Å². The number of amides is 1. The Morgan fingerprint density at radius 3 is 2.70 bits per heavy atom. The lowest BCUT2D eigenvalue weighted by Crippen LogP contribution is -2.29. The summed E-state index contributed by atoms with van der Waals surface area (Å²) in [6, 6.07) is 0. The number of hydrogen-bond acceptors (Lipinski definition) is 5.